The molecular formula is C20H28N2. The maximum atomic E-state index is 4.18. The Morgan fingerprint density at radius 2 is 1.82 bits per heavy atom. The molecule has 0 spiro atoms. The number of hydrogen-bond donors (Lipinski definition) is 0. The molecule has 2 heterocycles. The van der Waals surface area contributed by atoms with Crippen LogP contribution in [-0.2, 0) is 6.42 Å². The van der Waals surface area contributed by atoms with Crippen LogP contribution in [-0.4, -0.2) is 29.5 Å². The summed E-state index contributed by atoms with van der Waals surface area (Å²) in [5, 5.41) is 0. The third-order valence-electron chi connectivity index (χ3n) is 4.34. The Morgan fingerprint density at radius 3 is 2.45 bits per heavy atom. The molecule has 0 aliphatic carbocycles. The molecule has 1 atom stereocenters. The molecule has 22 heavy (non-hydrogen) atoms. The standard InChI is InChI=1S/C18H22N2.C2H6/c1-20-12-3-2-6-18(20)13-15-7-9-16(10-8-15)17-5-4-11-19-14-17;1-2/h4-5,7-11,14,18H,2-3,6,12-13H2,1H3;1-2H3. The Morgan fingerprint density at radius 1 is 1.05 bits per heavy atom. The molecule has 2 nitrogen and oxygen atoms in total. The summed E-state index contributed by atoms with van der Waals surface area (Å²) in [7, 11) is 2.26. The van der Waals surface area contributed by atoms with Crippen molar-refractivity contribution in [2.24, 2.45) is 0 Å². The first-order chi connectivity index (χ1) is 10.8. The molecule has 1 aliphatic rings. The molecule has 3 rings (SSSR count). The first kappa shape index (κ1) is 16.7. The number of rotatable bonds is 3. The number of benzene rings is 1. The van der Waals surface area contributed by atoms with Gasteiger partial charge in [0.05, 0.1) is 0 Å². The van der Waals surface area contributed by atoms with E-state index in [0.717, 1.165) is 0 Å². The highest BCUT2D eigenvalue weighted by atomic mass is 15.1. The van der Waals surface area contributed by atoms with E-state index in [-0.39, 0.29) is 0 Å². The Balaban J connectivity index is 0.000000847. The highest BCUT2D eigenvalue weighted by Gasteiger charge is 2.18. The Labute approximate surface area is 135 Å². The normalized spacial score (nSPS) is 18.4. The van der Waals surface area contributed by atoms with Crippen molar-refractivity contribution in [1.82, 2.24) is 9.88 Å². The lowest BCUT2D eigenvalue weighted by atomic mass is 9.95. The highest BCUT2D eigenvalue weighted by molar-refractivity contribution is 5.62. The lowest BCUT2D eigenvalue weighted by Gasteiger charge is -2.32. The van der Waals surface area contributed by atoms with Crippen LogP contribution in [0.2, 0.25) is 0 Å². The molecule has 0 radical (unpaired) electrons. The molecule has 1 aliphatic heterocycles. The zero-order chi connectivity index (χ0) is 15.8. The van der Waals surface area contributed by atoms with E-state index in [2.05, 4.69) is 47.3 Å². The first-order valence-electron chi connectivity index (χ1n) is 8.52. The summed E-state index contributed by atoms with van der Waals surface area (Å²) in [4.78, 5) is 6.69. The van der Waals surface area contributed by atoms with E-state index in [1.165, 1.54) is 48.9 Å². The number of likely N-dealkylation sites (N-methyl/N-ethyl adjacent to an activating group) is 1. The second-order valence-electron chi connectivity index (χ2n) is 5.77. The van der Waals surface area contributed by atoms with Crippen LogP contribution < -0.4 is 0 Å². The van der Waals surface area contributed by atoms with Gasteiger partial charge in [0.2, 0.25) is 0 Å². The summed E-state index contributed by atoms with van der Waals surface area (Å²) in [6.07, 6.45) is 8.97. The van der Waals surface area contributed by atoms with E-state index in [1.54, 1.807) is 0 Å². The minimum Gasteiger partial charge on any atom is -0.303 e. The summed E-state index contributed by atoms with van der Waals surface area (Å²) >= 11 is 0. The van der Waals surface area contributed by atoms with Crippen molar-refractivity contribution in [3.63, 3.8) is 0 Å². The lowest BCUT2D eigenvalue weighted by Crippen LogP contribution is -2.37. The third kappa shape index (κ3) is 4.41. The van der Waals surface area contributed by atoms with E-state index < -0.39 is 0 Å². The van der Waals surface area contributed by atoms with Crippen molar-refractivity contribution in [3.05, 3.63) is 54.4 Å². The molecule has 2 aromatic rings. The van der Waals surface area contributed by atoms with E-state index in [9.17, 15) is 0 Å². The molecule has 1 unspecified atom stereocenters. The maximum absolute atomic E-state index is 4.18. The maximum Gasteiger partial charge on any atom is 0.0346 e. The Bertz CT molecular complexity index is 533. The van der Waals surface area contributed by atoms with Gasteiger partial charge in [-0.15, -0.1) is 0 Å². The fraction of sp³-hybridized carbons (Fsp3) is 0.450. The predicted octanol–water partition coefficient (Wildman–Crippen LogP) is 4.80. The van der Waals surface area contributed by atoms with Crippen LogP contribution in [0.3, 0.4) is 0 Å². The SMILES string of the molecule is CC.CN1CCCCC1Cc1ccc(-c2cccnc2)cc1. The number of pyridine rings is 1. The van der Waals surface area contributed by atoms with E-state index >= 15 is 0 Å². The molecule has 2 heteroatoms. The van der Waals surface area contributed by atoms with Crippen LogP contribution >= 0.6 is 0 Å². The van der Waals surface area contributed by atoms with Gasteiger partial charge in [-0.1, -0.05) is 50.6 Å². The van der Waals surface area contributed by atoms with Crippen molar-refractivity contribution in [3.8, 4) is 11.1 Å². The van der Waals surface area contributed by atoms with Gasteiger partial charge in [-0.25, -0.2) is 0 Å². The van der Waals surface area contributed by atoms with Gasteiger partial charge in [0, 0.05) is 18.4 Å². The molecule has 1 fully saturated rings. The van der Waals surface area contributed by atoms with Crippen LogP contribution in [0.15, 0.2) is 48.8 Å². The molecule has 1 aromatic carbocycles. The van der Waals surface area contributed by atoms with Crippen molar-refractivity contribution >= 4 is 0 Å². The second-order valence-corrected chi connectivity index (χ2v) is 5.77. The van der Waals surface area contributed by atoms with Gasteiger partial charge in [-0.05, 0) is 55.6 Å². The summed E-state index contributed by atoms with van der Waals surface area (Å²) in [6.45, 7) is 5.25. The molecule has 0 saturated carbocycles. The first-order valence-corrected chi connectivity index (χ1v) is 8.52. The Kier molecular flexibility index (Phi) is 6.60. The van der Waals surface area contributed by atoms with Crippen LogP contribution in [0, 0.1) is 0 Å². The van der Waals surface area contributed by atoms with E-state index in [0.29, 0.717) is 6.04 Å². The Hall–Kier alpha value is -1.67. The minimum absolute atomic E-state index is 0.716. The van der Waals surface area contributed by atoms with Gasteiger partial charge >= 0.3 is 0 Å². The van der Waals surface area contributed by atoms with Gasteiger partial charge in [-0.3, -0.25) is 4.98 Å². The van der Waals surface area contributed by atoms with Crippen molar-refractivity contribution in [1.29, 1.82) is 0 Å². The van der Waals surface area contributed by atoms with E-state index in [4.69, 9.17) is 0 Å². The van der Waals surface area contributed by atoms with Gasteiger partial charge < -0.3 is 4.90 Å². The molecule has 0 N–H and O–H groups in total. The third-order valence-corrected chi connectivity index (χ3v) is 4.34. The highest BCUT2D eigenvalue weighted by Crippen LogP contribution is 2.22. The largest absolute Gasteiger partial charge is 0.303 e. The number of nitrogens with zero attached hydrogens (tertiary/aromatic N) is 2. The number of piperidine rings is 1. The smallest absolute Gasteiger partial charge is 0.0346 e. The number of likely N-dealkylation sites (tertiary alicyclic amines) is 1. The molecule has 118 valence electrons. The van der Waals surface area contributed by atoms with Gasteiger partial charge in [-0.2, -0.15) is 0 Å². The minimum atomic E-state index is 0.716. The van der Waals surface area contributed by atoms with Crippen LogP contribution in [0.4, 0.5) is 0 Å². The quantitative estimate of drug-likeness (QED) is 0.808. The zero-order valence-electron chi connectivity index (χ0n) is 14.1. The van der Waals surface area contributed by atoms with Crippen molar-refractivity contribution in [2.75, 3.05) is 13.6 Å². The lowest BCUT2D eigenvalue weighted by molar-refractivity contribution is 0.184. The number of aromatic nitrogens is 1. The van der Waals surface area contributed by atoms with Gasteiger partial charge in [0.1, 0.15) is 0 Å². The molecule has 0 amide bonds. The molecule has 0 bridgehead atoms. The van der Waals surface area contributed by atoms with Crippen LogP contribution in [0.5, 0.6) is 0 Å². The van der Waals surface area contributed by atoms with Gasteiger partial charge in [0.15, 0.2) is 0 Å². The fourth-order valence-corrected chi connectivity index (χ4v) is 3.04. The summed E-state index contributed by atoms with van der Waals surface area (Å²) < 4.78 is 0. The van der Waals surface area contributed by atoms with Crippen molar-refractivity contribution < 1.29 is 0 Å². The predicted molar refractivity (Wildman–Crippen MR) is 95.0 cm³/mol. The van der Waals surface area contributed by atoms with E-state index in [1.807, 2.05) is 32.3 Å². The van der Waals surface area contributed by atoms with Crippen LogP contribution in [0.25, 0.3) is 11.1 Å². The average Bonchev–Trinajstić information content (AvgIpc) is 2.60. The average molecular weight is 296 g/mol. The zero-order valence-corrected chi connectivity index (χ0v) is 14.1. The molecular weight excluding hydrogens is 268 g/mol. The summed E-state index contributed by atoms with van der Waals surface area (Å²) in [5.41, 5.74) is 3.88. The monoisotopic (exact) mass is 296 g/mol. The molecule has 1 saturated heterocycles. The summed E-state index contributed by atoms with van der Waals surface area (Å²) in [6, 6.07) is 13.8. The fourth-order valence-electron chi connectivity index (χ4n) is 3.04. The summed E-state index contributed by atoms with van der Waals surface area (Å²) in [5.74, 6) is 0. The van der Waals surface area contributed by atoms with Crippen LogP contribution in [0.1, 0.15) is 38.7 Å². The second kappa shape index (κ2) is 8.70. The van der Waals surface area contributed by atoms with Crippen molar-refractivity contribution in [2.45, 2.75) is 45.6 Å². The number of hydrogen-bond acceptors (Lipinski definition) is 2. The van der Waals surface area contributed by atoms with Gasteiger partial charge in [0.25, 0.3) is 0 Å². The topological polar surface area (TPSA) is 16.1 Å². The molecule has 1 aromatic heterocycles.